The van der Waals surface area contributed by atoms with E-state index in [1.807, 2.05) is 37.3 Å². The van der Waals surface area contributed by atoms with E-state index in [4.69, 9.17) is 34.8 Å². The summed E-state index contributed by atoms with van der Waals surface area (Å²) < 4.78 is -1.95. The Hall–Kier alpha value is -0.700. The smallest absolute Gasteiger partial charge is 0.278 e. The highest BCUT2D eigenvalue weighted by Gasteiger charge is 2.34. The number of amides is 1. The minimum absolute atomic E-state index is 0.584. The number of hydrogen-bond acceptors (Lipinski definition) is 1. The first-order chi connectivity index (χ1) is 7.88. The molecule has 0 aliphatic carbocycles. The number of alkyl halides is 3. The summed E-state index contributed by atoms with van der Waals surface area (Å²) in [5.41, 5.74) is 1.59. The van der Waals surface area contributed by atoms with Crippen LogP contribution in [0, 0.1) is 0 Å². The second-order valence-electron chi connectivity index (χ2n) is 3.42. The van der Waals surface area contributed by atoms with Crippen LogP contribution in [-0.4, -0.2) is 16.7 Å². The number of anilines is 1. The van der Waals surface area contributed by atoms with E-state index in [2.05, 4.69) is 0 Å². The molecule has 0 bridgehead atoms. The standard InChI is InChI=1S/C12H12Cl3NO/c1-3-6-9-7-4-5-8-10(9)16(2)11(17)12(13,14)15/h3-8H,1-2H3/b6-3+. The first-order valence-corrected chi connectivity index (χ1v) is 6.08. The van der Waals surface area contributed by atoms with Crippen molar-refractivity contribution in [1.82, 2.24) is 0 Å². The molecule has 17 heavy (non-hydrogen) atoms. The molecular weight excluding hydrogens is 280 g/mol. The van der Waals surface area contributed by atoms with Crippen molar-refractivity contribution < 1.29 is 4.79 Å². The van der Waals surface area contributed by atoms with Crippen molar-refractivity contribution in [2.45, 2.75) is 10.7 Å². The van der Waals surface area contributed by atoms with Crippen LogP contribution < -0.4 is 4.90 Å². The molecule has 0 fully saturated rings. The van der Waals surface area contributed by atoms with Crippen LogP contribution in [-0.2, 0) is 4.79 Å². The maximum atomic E-state index is 11.8. The van der Waals surface area contributed by atoms with Gasteiger partial charge in [0.25, 0.3) is 9.70 Å². The third kappa shape index (κ3) is 3.63. The molecule has 0 N–H and O–H groups in total. The molecule has 1 rings (SSSR count). The molecule has 1 amide bonds. The zero-order chi connectivity index (χ0) is 13.1. The van der Waals surface area contributed by atoms with E-state index in [0.29, 0.717) is 5.69 Å². The Morgan fingerprint density at radius 2 is 1.88 bits per heavy atom. The Balaban J connectivity index is 3.12. The molecule has 0 saturated carbocycles. The lowest BCUT2D eigenvalue weighted by Gasteiger charge is -2.23. The Labute approximate surface area is 116 Å². The van der Waals surface area contributed by atoms with E-state index in [9.17, 15) is 4.79 Å². The van der Waals surface area contributed by atoms with Crippen LogP contribution in [0.3, 0.4) is 0 Å². The van der Waals surface area contributed by atoms with Crippen LogP contribution in [0.5, 0.6) is 0 Å². The van der Waals surface area contributed by atoms with Crippen molar-refractivity contribution in [3.05, 3.63) is 35.9 Å². The van der Waals surface area contributed by atoms with Gasteiger partial charge >= 0.3 is 0 Å². The van der Waals surface area contributed by atoms with Gasteiger partial charge in [0.2, 0.25) is 0 Å². The zero-order valence-electron chi connectivity index (χ0n) is 9.45. The highest BCUT2D eigenvalue weighted by Crippen LogP contribution is 2.31. The van der Waals surface area contributed by atoms with E-state index < -0.39 is 9.70 Å². The second-order valence-corrected chi connectivity index (χ2v) is 5.70. The molecule has 0 heterocycles. The average Bonchev–Trinajstić information content (AvgIpc) is 2.27. The van der Waals surface area contributed by atoms with Gasteiger partial charge in [-0.1, -0.05) is 65.2 Å². The summed E-state index contributed by atoms with van der Waals surface area (Å²) in [6, 6.07) is 7.39. The van der Waals surface area contributed by atoms with E-state index in [0.717, 1.165) is 5.56 Å². The van der Waals surface area contributed by atoms with Crippen molar-refractivity contribution in [3.8, 4) is 0 Å². The molecule has 0 aliphatic rings. The second kappa shape index (κ2) is 5.76. The molecule has 2 nitrogen and oxygen atoms in total. The summed E-state index contributed by atoms with van der Waals surface area (Å²) >= 11 is 16.7. The first-order valence-electron chi connectivity index (χ1n) is 4.94. The van der Waals surface area contributed by atoms with Crippen molar-refractivity contribution in [2.24, 2.45) is 0 Å². The Kier molecular flexibility index (Phi) is 4.87. The van der Waals surface area contributed by atoms with Gasteiger partial charge in [-0.15, -0.1) is 0 Å². The predicted octanol–water partition coefficient (Wildman–Crippen LogP) is 4.05. The van der Waals surface area contributed by atoms with Gasteiger partial charge in [0.15, 0.2) is 0 Å². The van der Waals surface area contributed by atoms with Crippen molar-refractivity contribution in [1.29, 1.82) is 0 Å². The van der Waals surface area contributed by atoms with E-state index >= 15 is 0 Å². The van der Waals surface area contributed by atoms with Crippen molar-refractivity contribution in [2.75, 3.05) is 11.9 Å². The van der Waals surface area contributed by atoms with E-state index in [1.165, 1.54) is 4.90 Å². The summed E-state index contributed by atoms with van der Waals surface area (Å²) in [5, 5.41) is 0. The molecule has 0 aromatic heterocycles. The minimum Gasteiger partial charge on any atom is -0.311 e. The SMILES string of the molecule is C/C=C/c1ccccc1N(C)C(=O)C(Cl)(Cl)Cl. The normalized spacial score (nSPS) is 11.8. The lowest BCUT2D eigenvalue weighted by atomic mass is 10.1. The monoisotopic (exact) mass is 291 g/mol. The number of halogens is 3. The Morgan fingerprint density at radius 1 is 1.29 bits per heavy atom. The van der Waals surface area contributed by atoms with Gasteiger partial charge in [-0.3, -0.25) is 4.79 Å². The van der Waals surface area contributed by atoms with Gasteiger partial charge in [-0.25, -0.2) is 0 Å². The molecule has 0 atom stereocenters. The minimum atomic E-state index is -1.95. The quantitative estimate of drug-likeness (QED) is 0.753. The van der Waals surface area contributed by atoms with Gasteiger partial charge in [-0.05, 0) is 18.6 Å². The zero-order valence-corrected chi connectivity index (χ0v) is 11.7. The number of para-hydroxylation sites is 1. The van der Waals surface area contributed by atoms with Crippen LogP contribution in [0.1, 0.15) is 12.5 Å². The van der Waals surface area contributed by atoms with Crippen LogP contribution in [0.2, 0.25) is 0 Å². The number of rotatable bonds is 2. The fraction of sp³-hybridized carbons (Fsp3) is 0.250. The Morgan fingerprint density at radius 3 is 2.41 bits per heavy atom. The topological polar surface area (TPSA) is 20.3 Å². The number of carbonyl (C=O) groups excluding carboxylic acids is 1. The third-order valence-electron chi connectivity index (χ3n) is 2.19. The van der Waals surface area contributed by atoms with Crippen LogP contribution >= 0.6 is 34.8 Å². The summed E-state index contributed by atoms with van der Waals surface area (Å²) in [7, 11) is 1.58. The fourth-order valence-corrected chi connectivity index (χ4v) is 1.79. The number of hydrogen-bond donors (Lipinski definition) is 0. The molecule has 0 spiro atoms. The lowest BCUT2D eigenvalue weighted by molar-refractivity contribution is -0.117. The largest absolute Gasteiger partial charge is 0.311 e. The molecular formula is C12H12Cl3NO. The maximum Gasteiger partial charge on any atom is 0.278 e. The van der Waals surface area contributed by atoms with Gasteiger partial charge in [0, 0.05) is 7.05 Å². The molecule has 1 aromatic carbocycles. The summed E-state index contributed by atoms with van der Waals surface area (Å²) in [4.78, 5) is 13.2. The molecule has 5 heteroatoms. The van der Waals surface area contributed by atoms with E-state index in [1.54, 1.807) is 13.1 Å². The molecule has 0 saturated heterocycles. The van der Waals surface area contributed by atoms with Crippen LogP contribution in [0.15, 0.2) is 30.3 Å². The van der Waals surface area contributed by atoms with Crippen molar-refractivity contribution >= 4 is 52.5 Å². The third-order valence-corrected chi connectivity index (χ3v) is 2.68. The van der Waals surface area contributed by atoms with Crippen LogP contribution in [0.25, 0.3) is 6.08 Å². The molecule has 0 aliphatic heterocycles. The summed E-state index contributed by atoms with van der Waals surface area (Å²) in [6.07, 6.45) is 3.77. The van der Waals surface area contributed by atoms with E-state index in [-0.39, 0.29) is 0 Å². The summed E-state index contributed by atoms with van der Waals surface area (Å²) in [6.45, 7) is 1.90. The average molecular weight is 293 g/mol. The number of nitrogens with zero attached hydrogens (tertiary/aromatic N) is 1. The number of benzene rings is 1. The first kappa shape index (κ1) is 14.4. The molecule has 1 aromatic rings. The molecule has 0 radical (unpaired) electrons. The number of carbonyl (C=O) groups is 1. The highest BCUT2D eigenvalue weighted by molar-refractivity contribution is 6.76. The molecule has 0 unspecified atom stereocenters. The highest BCUT2D eigenvalue weighted by atomic mass is 35.6. The number of allylic oxidation sites excluding steroid dienone is 1. The Bertz CT molecular complexity index is 438. The predicted molar refractivity (Wildman–Crippen MR) is 74.9 cm³/mol. The van der Waals surface area contributed by atoms with Crippen molar-refractivity contribution in [3.63, 3.8) is 0 Å². The van der Waals surface area contributed by atoms with Gasteiger partial charge in [0.1, 0.15) is 0 Å². The molecule has 92 valence electrons. The van der Waals surface area contributed by atoms with Crippen LogP contribution in [0.4, 0.5) is 5.69 Å². The van der Waals surface area contributed by atoms with Gasteiger partial charge < -0.3 is 4.90 Å². The maximum absolute atomic E-state index is 11.8. The van der Waals surface area contributed by atoms with Gasteiger partial charge in [-0.2, -0.15) is 0 Å². The summed E-state index contributed by atoms with van der Waals surface area (Å²) in [5.74, 6) is -0.584. The fourth-order valence-electron chi connectivity index (χ4n) is 1.41. The lowest BCUT2D eigenvalue weighted by Crippen LogP contribution is -2.36. The van der Waals surface area contributed by atoms with Gasteiger partial charge in [0.05, 0.1) is 5.69 Å².